The average Bonchev–Trinajstić information content (AvgIpc) is 2.78. The zero-order chi connectivity index (χ0) is 14.3. The topological polar surface area (TPSA) is 43.6 Å². The van der Waals surface area contributed by atoms with E-state index in [1.165, 1.54) is 6.07 Å². The summed E-state index contributed by atoms with van der Waals surface area (Å²) in [7, 11) is 1.79. The fourth-order valence-electron chi connectivity index (χ4n) is 1.94. The number of pyridine rings is 2. The van der Waals surface area contributed by atoms with Crippen LogP contribution in [-0.2, 0) is 7.05 Å². The fraction of sp³-hybridized carbons (Fsp3) is 0.154. The molecule has 0 fully saturated rings. The molecule has 3 aromatic heterocycles. The molecule has 0 aliphatic rings. The standard InChI is InChI=1S/C13H9ClF2N4/c1-20-6-8-4-7(5-17-13(8)19-20)10-3-2-9(14)11(18-10)12(15)16/h2-6,12H,1H3. The van der Waals surface area contributed by atoms with E-state index < -0.39 is 12.1 Å². The molecule has 0 amide bonds. The first kappa shape index (κ1) is 12.9. The lowest BCUT2D eigenvalue weighted by atomic mass is 10.1. The molecule has 0 radical (unpaired) electrons. The van der Waals surface area contributed by atoms with E-state index in [0.29, 0.717) is 16.9 Å². The maximum absolute atomic E-state index is 12.8. The van der Waals surface area contributed by atoms with Gasteiger partial charge in [-0.05, 0) is 18.2 Å². The number of rotatable bonds is 2. The van der Waals surface area contributed by atoms with Gasteiger partial charge in [0.2, 0.25) is 0 Å². The van der Waals surface area contributed by atoms with Gasteiger partial charge in [0.1, 0.15) is 5.69 Å². The van der Waals surface area contributed by atoms with Gasteiger partial charge in [0.25, 0.3) is 6.43 Å². The number of fused-ring (bicyclic) bond motifs is 1. The summed E-state index contributed by atoms with van der Waals surface area (Å²) < 4.78 is 27.2. The van der Waals surface area contributed by atoms with E-state index in [9.17, 15) is 8.78 Å². The first-order valence-electron chi connectivity index (χ1n) is 5.79. The Balaban J connectivity index is 2.12. The molecule has 7 heteroatoms. The van der Waals surface area contributed by atoms with Crippen LogP contribution in [0.15, 0.2) is 30.6 Å². The van der Waals surface area contributed by atoms with Gasteiger partial charge in [-0.25, -0.2) is 18.7 Å². The van der Waals surface area contributed by atoms with Crippen molar-refractivity contribution >= 4 is 22.6 Å². The van der Waals surface area contributed by atoms with Crippen LogP contribution >= 0.6 is 11.6 Å². The van der Waals surface area contributed by atoms with Crippen LogP contribution in [0.4, 0.5) is 8.78 Å². The van der Waals surface area contributed by atoms with Gasteiger partial charge in [0.15, 0.2) is 5.65 Å². The summed E-state index contributed by atoms with van der Waals surface area (Å²) in [6.45, 7) is 0. The van der Waals surface area contributed by atoms with Crippen molar-refractivity contribution in [2.45, 2.75) is 6.43 Å². The lowest BCUT2D eigenvalue weighted by Gasteiger charge is -2.05. The molecule has 4 nitrogen and oxygen atoms in total. The van der Waals surface area contributed by atoms with Gasteiger partial charge in [-0.15, -0.1) is 0 Å². The smallest absolute Gasteiger partial charge is 0.273 e. The van der Waals surface area contributed by atoms with Crippen molar-refractivity contribution in [3.05, 3.63) is 41.3 Å². The van der Waals surface area contributed by atoms with Gasteiger partial charge >= 0.3 is 0 Å². The van der Waals surface area contributed by atoms with E-state index in [-0.39, 0.29) is 5.02 Å². The number of aryl methyl sites for hydroxylation is 1. The molecular formula is C13H9ClF2N4. The Morgan fingerprint density at radius 2 is 2.10 bits per heavy atom. The zero-order valence-corrected chi connectivity index (χ0v) is 11.1. The van der Waals surface area contributed by atoms with Gasteiger partial charge in [-0.1, -0.05) is 11.6 Å². The van der Waals surface area contributed by atoms with Crippen molar-refractivity contribution in [3.63, 3.8) is 0 Å². The number of halogens is 3. The molecule has 3 rings (SSSR count). The van der Waals surface area contributed by atoms with E-state index in [1.54, 1.807) is 36.3 Å². The number of hydrogen-bond acceptors (Lipinski definition) is 3. The fourth-order valence-corrected chi connectivity index (χ4v) is 2.13. The lowest BCUT2D eigenvalue weighted by Crippen LogP contribution is -1.94. The molecule has 0 atom stereocenters. The van der Waals surface area contributed by atoms with Gasteiger partial charge < -0.3 is 0 Å². The number of alkyl halides is 2. The van der Waals surface area contributed by atoms with Gasteiger partial charge in [0.05, 0.1) is 10.7 Å². The molecule has 102 valence electrons. The predicted octanol–water partition coefficient (Wildman–Crippen LogP) is 3.62. The molecule has 0 aliphatic heterocycles. The first-order valence-corrected chi connectivity index (χ1v) is 6.17. The molecule has 0 N–H and O–H groups in total. The van der Waals surface area contributed by atoms with Crippen molar-refractivity contribution in [2.75, 3.05) is 0 Å². The highest BCUT2D eigenvalue weighted by molar-refractivity contribution is 6.31. The summed E-state index contributed by atoms with van der Waals surface area (Å²) in [6.07, 6.45) is 0.647. The molecule has 3 heterocycles. The minimum Gasteiger partial charge on any atom is -0.273 e. The SMILES string of the molecule is Cn1cc2cc(-c3ccc(Cl)c(C(F)F)n3)cnc2n1. The van der Waals surface area contributed by atoms with Crippen LogP contribution in [0.1, 0.15) is 12.1 Å². The highest BCUT2D eigenvalue weighted by atomic mass is 35.5. The third-order valence-electron chi connectivity index (χ3n) is 2.85. The molecule has 0 spiro atoms. The van der Waals surface area contributed by atoms with Crippen LogP contribution in [0.3, 0.4) is 0 Å². The third kappa shape index (κ3) is 2.22. The van der Waals surface area contributed by atoms with Crippen LogP contribution in [0.2, 0.25) is 5.02 Å². The molecule has 20 heavy (non-hydrogen) atoms. The predicted molar refractivity (Wildman–Crippen MR) is 71.7 cm³/mol. The van der Waals surface area contributed by atoms with Gasteiger partial charge in [-0.2, -0.15) is 5.10 Å². The van der Waals surface area contributed by atoms with Gasteiger partial charge in [0, 0.05) is 30.4 Å². The highest BCUT2D eigenvalue weighted by Gasteiger charge is 2.15. The first-order chi connectivity index (χ1) is 9.54. The summed E-state index contributed by atoms with van der Waals surface area (Å²) in [5.41, 5.74) is 1.22. The molecule has 0 saturated heterocycles. The van der Waals surface area contributed by atoms with E-state index in [0.717, 1.165) is 5.39 Å². The average molecular weight is 295 g/mol. The largest absolute Gasteiger partial charge is 0.281 e. The van der Waals surface area contributed by atoms with Crippen LogP contribution < -0.4 is 0 Å². The molecule has 0 bridgehead atoms. The van der Waals surface area contributed by atoms with Crippen molar-refractivity contribution in [1.29, 1.82) is 0 Å². The van der Waals surface area contributed by atoms with E-state index >= 15 is 0 Å². The maximum atomic E-state index is 12.8. The Hall–Kier alpha value is -2.08. The normalized spacial score (nSPS) is 11.4. The minimum absolute atomic E-state index is 0.0424. The van der Waals surface area contributed by atoms with Crippen molar-refractivity contribution in [1.82, 2.24) is 19.7 Å². The summed E-state index contributed by atoms with van der Waals surface area (Å²) in [5, 5.41) is 4.93. The van der Waals surface area contributed by atoms with E-state index in [4.69, 9.17) is 11.6 Å². The van der Waals surface area contributed by atoms with Gasteiger partial charge in [-0.3, -0.25) is 4.68 Å². The summed E-state index contributed by atoms with van der Waals surface area (Å²) in [6, 6.07) is 4.81. The van der Waals surface area contributed by atoms with Crippen molar-refractivity contribution in [3.8, 4) is 11.3 Å². The second-order valence-corrected chi connectivity index (χ2v) is 4.71. The zero-order valence-electron chi connectivity index (χ0n) is 10.4. The van der Waals surface area contributed by atoms with Crippen molar-refractivity contribution < 1.29 is 8.78 Å². The van der Waals surface area contributed by atoms with E-state index in [1.807, 2.05) is 0 Å². The molecule has 0 saturated carbocycles. The Kier molecular flexibility index (Phi) is 3.10. The van der Waals surface area contributed by atoms with Crippen LogP contribution in [0.5, 0.6) is 0 Å². The molecule has 0 aromatic carbocycles. The van der Waals surface area contributed by atoms with Crippen LogP contribution in [-0.4, -0.2) is 19.7 Å². The summed E-state index contributed by atoms with van der Waals surface area (Å²) >= 11 is 5.71. The maximum Gasteiger partial charge on any atom is 0.281 e. The monoisotopic (exact) mass is 294 g/mol. The second-order valence-electron chi connectivity index (χ2n) is 4.30. The molecule has 0 aliphatic carbocycles. The molecule has 3 aromatic rings. The Morgan fingerprint density at radius 1 is 1.30 bits per heavy atom. The Bertz CT molecular complexity index is 785. The number of aromatic nitrogens is 4. The highest BCUT2D eigenvalue weighted by Crippen LogP contribution is 2.28. The van der Waals surface area contributed by atoms with E-state index in [2.05, 4.69) is 15.1 Å². The van der Waals surface area contributed by atoms with Crippen molar-refractivity contribution in [2.24, 2.45) is 7.05 Å². The third-order valence-corrected chi connectivity index (χ3v) is 3.17. The molecule has 0 unspecified atom stereocenters. The Morgan fingerprint density at radius 3 is 2.85 bits per heavy atom. The number of nitrogens with zero attached hydrogens (tertiary/aromatic N) is 4. The molecular weight excluding hydrogens is 286 g/mol. The van der Waals surface area contributed by atoms with Crippen LogP contribution in [0.25, 0.3) is 22.3 Å². The lowest BCUT2D eigenvalue weighted by molar-refractivity contribution is 0.146. The van der Waals surface area contributed by atoms with Crippen LogP contribution in [0, 0.1) is 0 Å². The quantitative estimate of drug-likeness (QED) is 0.725. The Labute approximate surface area is 118 Å². The second kappa shape index (κ2) is 4.79. The summed E-state index contributed by atoms with van der Waals surface area (Å²) in [5.74, 6) is 0. The number of hydrogen-bond donors (Lipinski definition) is 0. The summed E-state index contributed by atoms with van der Waals surface area (Å²) in [4.78, 5) is 8.09. The minimum atomic E-state index is -2.71.